The van der Waals surface area contributed by atoms with Gasteiger partial charge in [0.2, 0.25) is 0 Å². The van der Waals surface area contributed by atoms with Gasteiger partial charge in [0, 0.05) is 14.1 Å². The minimum atomic E-state index is 0.894. The van der Waals surface area contributed by atoms with Crippen molar-refractivity contribution in [2.24, 2.45) is 9.98 Å². The Kier molecular flexibility index (Phi) is 1.19. The summed E-state index contributed by atoms with van der Waals surface area (Å²) in [5.41, 5.74) is 0. The highest BCUT2D eigenvalue weighted by atomic mass is 15.9. The summed E-state index contributed by atoms with van der Waals surface area (Å²) in [6.45, 7) is 0. The third-order valence-corrected chi connectivity index (χ3v) is 1.74. The van der Waals surface area contributed by atoms with E-state index in [2.05, 4.69) is 9.98 Å². The second-order valence-corrected chi connectivity index (χ2v) is 2.40. The molecule has 0 radical (unpaired) electrons. The van der Waals surface area contributed by atoms with Crippen LogP contribution in [0.2, 0.25) is 0 Å². The molecule has 0 saturated carbocycles. The molecular weight excluding hydrogens is 142 g/mol. The van der Waals surface area contributed by atoms with Crippen LogP contribution in [0.15, 0.2) is 22.0 Å². The number of fused-ring (bicyclic) bond motifs is 1. The normalized spacial score (nSPS) is 22.5. The van der Waals surface area contributed by atoms with E-state index < -0.39 is 0 Å². The predicted octanol–water partition coefficient (Wildman–Crippen LogP) is -0.135. The van der Waals surface area contributed by atoms with E-state index in [-0.39, 0.29) is 0 Å². The number of aliphatic imine (C=N–C) groups is 2. The Bertz CT molecular complexity index is 254. The summed E-state index contributed by atoms with van der Waals surface area (Å²) in [7, 11) is 3.89. The summed E-state index contributed by atoms with van der Waals surface area (Å²) in [6.07, 6.45) is 5.19. The zero-order valence-electron chi connectivity index (χ0n) is 6.47. The van der Waals surface area contributed by atoms with Gasteiger partial charge in [-0.2, -0.15) is 0 Å². The zero-order chi connectivity index (χ0) is 7.84. The lowest BCUT2D eigenvalue weighted by Crippen LogP contribution is -2.40. The average Bonchev–Trinajstić information content (AvgIpc) is 2.30. The van der Waals surface area contributed by atoms with Crippen LogP contribution >= 0.6 is 0 Å². The Morgan fingerprint density at radius 3 is 2.91 bits per heavy atom. The summed E-state index contributed by atoms with van der Waals surface area (Å²) in [4.78, 5) is 7.98. The van der Waals surface area contributed by atoms with Crippen LogP contribution in [0.1, 0.15) is 0 Å². The maximum atomic E-state index is 4.07. The van der Waals surface area contributed by atoms with Gasteiger partial charge in [-0.15, -0.1) is 5.12 Å². The van der Waals surface area contributed by atoms with Crippen LogP contribution in [-0.2, 0) is 0 Å². The molecule has 0 saturated heterocycles. The van der Waals surface area contributed by atoms with E-state index in [1.807, 2.05) is 35.4 Å². The second kappa shape index (κ2) is 2.06. The first-order chi connectivity index (χ1) is 5.29. The molecule has 0 spiro atoms. The van der Waals surface area contributed by atoms with Crippen molar-refractivity contribution in [1.29, 1.82) is 0 Å². The largest absolute Gasteiger partial charge is 0.295 e. The first-order valence-corrected chi connectivity index (χ1v) is 3.32. The summed E-state index contributed by atoms with van der Waals surface area (Å²) >= 11 is 0. The van der Waals surface area contributed by atoms with Crippen LogP contribution in [0.25, 0.3) is 0 Å². The molecule has 0 bridgehead atoms. The molecule has 0 aliphatic carbocycles. The molecule has 0 aromatic carbocycles. The molecule has 2 aliphatic heterocycles. The van der Waals surface area contributed by atoms with E-state index in [0.29, 0.717) is 0 Å². The molecule has 2 aliphatic rings. The fourth-order valence-electron chi connectivity index (χ4n) is 1.02. The molecule has 0 atom stereocenters. The lowest BCUT2D eigenvalue weighted by atomic mass is 10.7. The average molecular weight is 151 g/mol. The molecule has 2 heterocycles. The summed E-state index contributed by atoms with van der Waals surface area (Å²) in [5, 5.41) is 5.71. The van der Waals surface area contributed by atoms with Crippen molar-refractivity contribution < 1.29 is 0 Å². The monoisotopic (exact) mass is 151 g/mol. The number of hydrogen-bond donors (Lipinski definition) is 0. The van der Waals surface area contributed by atoms with Gasteiger partial charge >= 0.3 is 0 Å². The minimum Gasteiger partial charge on any atom is -0.295 e. The molecule has 0 fully saturated rings. The fraction of sp³-hybridized carbons (Fsp3) is 0.333. The van der Waals surface area contributed by atoms with E-state index >= 15 is 0 Å². The molecular formula is C6H9N5. The molecule has 0 aromatic rings. The molecule has 5 nitrogen and oxygen atoms in total. The minimum absolute atomic E-state index is 0.894. The Morgan fingerprint density at radius 2 is 2.18 bits per heavy atom. The Hall–Kier alpha value is -1.36. The summed E-state index contributed by atoms with van der Waals surface area (Å²) in [5.74, 6) is 0.894. The van der Waals surface area contributed by atoms with Crippen molar-refractivity contribution in [2.75, 3.05) is 14.1 Å². The van der Waals surface area contributed by atoms with E-state index in [1.165, 1.54) is 6.34 Å². The smallest absolute Gasteiger partial charge is 0.169 e. The van der Waals surface area contributed by atoms with Crippen LogP contribution in [0, 0.1) is 0 Å². The Labute approximate surface area is 64.9 Å². The van der Waals surface area contributed by atoms with E-state index in [0.717, 1.165) is 5.82 Å². The van der Waals surface area contributed by atoms with E-state index in [4.69, 9.17) is 0 Å². The van der Waals surface area contributed by atoms with Gasteiger partial charge in [-0.25, -0.2) is 15.0 Å². The van der Waals surface area contributed by atoms with Gasteiger partial charge in [-0.3, -0.25) is 5.01 Å². The number of nitrogens with zero attached hydrogens (tertiary/aromatic N) is 5. The maximum Gasteiger partial charge on any atom is 0.169 e. The van der Waals surface area contributed by atoms with Gasteiger partial charge in [-0.05, 0) is 0 Å². The second-order valence-electron chi connectivity index (χ2n) is 2.40. The number of hydrazine groups is 2. The van der Waals surface area contributed by atoms with Crippen LogP contribution in [0.3, 0.4) is 0 Å². The van der Waals surface area contributed by atoms with Gasteiger partial charge in [0.1, 0.15) is 12.7 Å². The lowest BCUT2D eigenvalue weighted by Gasteiger charge is -2.27. The van der Waals surface area contributed by atoms with Crippen molar-refractivity contribution >= 4 is 12.7 Å². The lowest BCUT2D eigenvalue weighted by molar-refractivity contribution is -0.0251. The third kappa shape index (κ3) is 0.813. The van der Waals surface area contributed by atoms with Gasteiger partial charge in [0.15, 0.2) is 5.82 Å². The van der Waals surface area contributed by atoms with Gasteiger partial charge in [0.25, 0.3) is 0 Å². The van der Waals surface area contributed by atoms with Crippen LogP contribution in [-0.4, -0.2) is 41.9 Å². The highest BCUT2D eigenvalue weighted by molar-refractivity contribution is 5.75. The maximum absolute atomic E-state index is 4.07. The highest BCUT2D eigenvalue weighted by Crippen LogP contribution is 2.18. The van der Waals surface area contributed by atoms with Crippen LogP contribution < -0.4 is 0 Å². The topological polar surface area (TPSA) is 34.4 Å². The van der Waals surface area contributed by atoms with Gasteiger partial charge in [0.05, 0.1) is 6.20 Å². The van der Waals surface area contributed by atoms with Gasteiger partial charge < -0.3 is 0 Å². The van der Waals surface area contributed by atoms with Crippen molar-refractivity contribution in [2.45, 2.75) is 0 Å². The third-order valence-electron chi connectivity index (χ3n) is 1.74. The van der Waals surface area contributed by atoms with Crippen molar-refractivity contribution in [3.63, 3.8) is 0 Å². The SMILES string of the molecule is CN1C=C2N=CN=CN2N1C. The fourth-order valence-corrected chi connectivity index (χ4v) is 1.02. The number of hydrogen-bond acceptors (Lipinski definition) is 5. The Morgan fingerprint density at radius 1 is 1.36 bits per heavy atom. The molecule has 0 amide bonds. The van der Waals surface area contributed by atoms with Crippen molar-refractivity contribution in [3.05, 3.63) is 12.0 Å². The van der Waals surface area contributed by atoms with Crippen LogP contribution in [0.4, 0.5) is 0 Å². The molecule has 2 rings (SSSR count). The summed E-state index contributed by atoms with van der Waals surface area (Å²) in [6, 6.07) is 0. The molecule has 5 heteroatoms. The first kappa shape index (κ1) is 6.36. The predicted molar refractivity (Wildman–Crippen MR) is 42.4 cm³/mol. The molecule has 11 heavy (non-hydrogen) atoms. The molecule has 0 aromatic heterocycles. The number of rotatable bonds is 0. The Balaban J connectivity index is 2.32. The zero-order valence-corrected chi connectivity index (χ0v) is 6.47. The van der Waals surface area contributed by atoms with Gasteiger partial charge in [-0.1, -0.05) is 0 Å². The standard InChI is InChI=1S/C6H9N5/c1-9-3-6-8-4-7-5-11(6)10(9)2/h3-5H,1-2H3. The molecule has 0 N–H and O–H groups in total. The van der Waals surface area contributed by atoms with Crippen molar-refractivity contribution in [3.8, 4) is 0 Å². The summed E-state index contributed by atoms with van der Waals surface area (Å²) < 4.78 is 0. The van der Waals surface area contributed by atoms with E-state index in [1.54, 1.807) is 6.34 Å². The van der Waals surface area contributed by atoms with Crippen molar-refractivity contribution in [1.82, 2.24) is 15.1 Å². The quantitative estimate of drug-likeness (QED) is 0.483. The van der Waals surface area contributed by atoms with E-state index in [9.17, 15) is 0 Å². The highest BCUT2D eigenvalue weighted by Gasteiger charge is 2.23. The van der Waals surface area contributed by atoms with Crippen LogP contribution in [0.5, 0.6) is 0 Å². The molecule has 58 valence electrons. The first-order valence-electron chi connectivity index (χ1n) is 3.32. The molecule has 0 unspecified atom stereocenters.